The quantitative estimate of drug-likeness (QED) is 0.598. The first-order chi connectivity index (χ1) is 7.42. The van der Waals surface area contributed by atoms with E-state index in [4.69, 9.17) is 0 Å². The maximum absolute atomic E-state index is 2.84. The SMILES string of the molecule is PCC(c1ccccc1)c1ccccc1.[Ru]. The summed E-state index contributed by atoms with van der Waals surface area (Å²) >= 11 is 0. The van der Waals surface area contributed by atoms with Gasteiger partial charge in [0.1, 0.15) is 0 Å². The molecule has 0 aliphatic carbocycles. The van der Waals surface area contributed by atoms with E-state index in [1.165, 1.54) is 11.1 Å². The van der Waals surface area contributed by atoms with Crippen molar-refractivity contribution in [3.63, 3.8) is 0 Å². The van der Waals surface area contributed by atoms with Crippen LogP contribution in [-0.2, 0) is 19.5 Å². The Morgan fingerprint density at radius 1 is 0.750 bits per heavy atom. The van der Waals surface area contributed by atoms with Crippen LogP contribution in [0.5, 0.6) is 0 Å². The Balaban J connectivity index is 0.00000128. The molecule has 0 amide bonds. The molecule has 16 heavy (non-hydrogen) atoms. The third-order valence-electron chi connectivity index (χ3n) is 2.64. The minimum atomic E-state index is 0. The minimum absolute atomic E-state index is 0. The molecule has 0 spiro atoms. The summed E-state index contributed by atoms with van der Waals surface area (Å²) in [5, 5.41) is 0. The molecule has 84 valence electrons. The van der Waals surface area contributed by atoms with E-state index < -0.39 is 0 Å². The molecule has 0 fully saturated rings. The van der Waals surface area contributed by atoms with Crippen molar-refractivity contribution in [2.24, 2.45) is 0 Å². The van der Waals surface area contributed by atoms with Crippen molar-refractivity contribution in [2.75, 3.05) is 6.16 Å². The van der Waals surface area contributed by atoms with Crippen molar-refractivity contribution in [1.82, 2.24) is 0 Å². The second kappa shape index (κ2) is 6.94. The summed E-state index contributed by atoms with van der Waals surface area (Å²) in [6.07, 6.45) is 1.06. The van der Waals surface area contributed by atoms with Gasteiger partial charge in [0.05, 0.1) is 0 Å². The second-order valence-electron chi connectivity index (χ2n) is 3.61. The summed E-state index contributed by atoms with van der Waals surface area (Å²) in [6.45, 7) is 0. The molecule has 1 unspecified atom stereocenters. The molecule has 0 heterocycles. The summed E-state index contributed by atoms with van der Waals surface area (Å²) in [5.41, 5.74) is 2.78. The summed E-state index contributed by atoms with van der Waals surface area (Å²) in [5.74, 6) is 0.498. The Labute approximate surface area is 112 Å². The first-order valence-corrected chi connectivity index (χ1v) is 6.03. The van der Waals surface area contributed by atoms with Crippen LogP contribution >= 0.6 is 9.24 Å². The van der Waals surface area contributed by atoms with Gasteiger partial charge in [-0.1, -0.05) is 60.7 Å². The number of benzene rings is 2. The molecular weight excluding hydrogens is 300 g/mol. The minimum Gasteiger partial charge on any atom is -0.137 e. The molecule has 0 aliphatic rings. The number of rotatable bonds is 3. The zero-order valence-electron chi connectivity index (χ0n) is 8.99. The molecule has 1 atom stereocenters. The molecule has 0 aromatic heterocycles. The van der Waals surface area contributed by atoms with Gasteiger partial charge in [0, 0.05) is 25.4 Å². The van der Waals surface area contributed by atoms with Crippen LogP contribution in [0.2, 0.25) is 0 Å². The molecule has 2 heteroatoms. The van der Waals surface area contributed by atoms with Gasteiger partial charge >= 0.3 is 0 Å². The van der Waals surface area contributed by atoms with E-state index in [1.807, 2.05) is 0 Å². The zero-order chi connectivity index (χ0) is 10.5. The van der Waals surface area contributed by atoms with Gasteiger partial charge in [0.25, 0.3) is 0 Å². The van der Waals surface area contributed by atoms with E-state index in [1.54, 1.807) is 0 Å². The Morgan fingerprint density at radius 2 is 1.12 bits per heavy atom. The largest absolute Gasteiger partial charge is 0.137 e. The van der Waals surface area contributed by atoms with Crippen LogP contribution < -0.4 is 0 Å². The van der Waals surface area contributed by atoms with Crippen molar-refractivity contribution in [1.29, 1.82) is 0 Å². The molecule has 0 N–H and O–H groups in total. The first kappa shape index (κ1) is 13.6. The monoisotopic (exact) mass is 316 g/mol. The van der Waals surface area contributed by atoms with Crippen LogP contribution in [0.4, 0.5) is 0 Å². The Hall–Kier alpha value is -0.507. The summed E-state index contributed by atoms with van der Waals surface area (Å²) in [7, 11) is 2.84. The molecule has 0 saturated heterocycles. The molecule has 2 aromatic rings. The summed E-state index contributed by atoms with van der Waals surface area (Å²) < 4.78 is 0. The van der Waals surface area contributed by atoms with Crippen molar-refractivity contribution in [3.8, 4) is 0 Å². The van der Waals surface area contributed by atoms with Gasteiger partial charge in [-0.25, -0.2) is 0 Å². The fourth-order valence-corrected chi connectivity index (χ4v) is 2.38. The number of hydrogen-bond acceptors (Lipinski definition) is 0. The van der Waals surface area contributed by atoms with Gasteiger partial charge in [0.15, 0.2) is 0 Å². The Kier molecular flexibility index (Phi) is 5.88. The van der Waals surface area contributed by atoms with Crippen LogP contribution in [0, 0.1) is 0 Å². The third-order valence-corrected chi connectivity index (χ3v) is 3.11. The standard InChI is InChI=1S/C14H15P.Ru/c15-11-14(12-7-3-1-4-8-12)13-9-5-2-6-10-13;/h1-10,14H,11,15H2;. The topological polar surface area (TPSA) is 0 Å². The van der Waals surface area contributed by atoms with Gasteiger partial charge in [0.2, 0.25) is 0 Å². The maximum atomic E-state index is 2.84. The Bertz CT molecular complexity index is 360. The van der Waals surface area contributed by atoms with E-state index in [0.29, 0.717) is 5.92 Å². The molecule has 2 rings (SSSR count). The van der Waals surface area contributed by atoms with Crippen molar-refractivity contribution < 1.29 is 19.5 Å². The van der Waals surface area contributed by atoms with Gasteiger partial charge in [-0.05, 0) is 17.3 Å². The fraction of sp³-hybridized carbons (Fsp3) is 0.143. The molecule has 0 nitrogen and oxygen atoms in total. The van der Waals surface area contributed by atoms with Crippen molar-refractivity contribution in [3.05, 3.63) is 71.8 Å². The smallest absolute Gasteiger partial charge is 0.0124 e. The summed E-state index contributed by atoms with van der Waals surface area (Å²) in [4.78, 5) is 0. The fourth-order valence-electron chi connectivity index (χ4n) is 1.84. The Morgan fingerprint density at radius 3 is 1.44 bits per heavy atom. The first-order valence-electron chi connectivity index (χ1n) is 5.22. The molecule has 2 aromatic carbocycles. The van der Waals surface area contributed by atoms with E-state index in [9.17, 15) is 0 Å². The normalized spacial score (nSPS) is 9.88. The van der Waals surface area contributed by atoms with E-state index in [-0.39, 0.29) is 19.5 Å². The van der Waals surface area contributed by atoms with E-state index >= 15 is 0 Å². The van der Waals surface area contributed by atoms with Crippen LogP contribution in [-0.4, -0.2) is 6.16 Å². The van der Waals surface area contributed by atoms with Gasteiger partial charge in [-0.2, -0.15) is 0 Å². The van der Waals surface area contributed by atoms with Crippen LogP contribution in [0.3, 0.4) is 0 Å². The van der Waals surface area contributed by atoms with Crippen molar-refractivity contribution in [2.45, 2.75) is 5.92 Å². The molecule has 0 bridgehead atoms. The zero-order valence-corrected chi connectivity index (χ0v) is 11.9. The van der Waals surface area contributed by atoms with E-state index in [2.05, 4.69) is 69.9 Å². The van der Waals surface area contributed by atoms with Crippen LogP contribution in [0.1, 0.15) is 17.0 Å². The van der Waals surface area contributed by atoms with Crippen LogP contribution in [0.25, 0.3) is 0 Å². The van der Waals surface area contributed by atoms with Gasteiger partial charge < -0.3 is 0 Å². The average Bonchev–Trinajstić information content (AvgIpc) is 2.33. The predicted molar refractivity (Wildman–Crippen MR) is 69.3 cm³/mol. The van der Waals surface area contributed by atoms with Crippen LogP contribution in [0.15, 0.2) is 60.7 Å². The third kappa shape index (κ3) is 3.24. The van der Waals surface area contributed by atoms with Gasteiger partial charge in [-0.15, -0.1) is 9.24 Å². The molecular formula is C14H15PRu. The van der Waals surface area contributed by atoms with Gasteiger partial charge in [-0.3, -0.25) is 0 Å². The maximum Gasteiger partial charge on any atom is 0.0124 e. The second-order valence-corrected chi connectivity index (χ2v) is 4.08. The van der Waals surface area contributed by atoms with E-state index in [0.717, 1.165) is 6.16 Å². The summed E-state index contributed by atoms with van der Waals surface area (Å²) in [6, 6.07) is 21.3. The molecule has 0 aliphatic heterocycles. The predicted octanol–water partition coefficient (Wildman–Crippen LogP) is 3.69. The molecule has 0 saturated carbocycles. The number of hydrogen-bond donors (Lipinski definition) is 0. The molecule has 0 radical (unpaired) electrons. The van der Waals surface area contributed by atoms with Crippen molar-refractivity contribution >= 4 is 9.24 Å². The average molecular weight is 315 g/mol.